The van der Waals surface area contributed by atoms with Crippen molar-refractivity contribution in [3.05, 3.63) is 70.0 Å². The Kier molecular flexibility index (Phi) is 8.55. The Balaban J connectivity index is 1.48. The maximum Gasteiger partial charge on any atom is 0.419 e. The second-order valence-corrected chi connectivity index (χ2v) is 9.90. The molecule has 2 aromatic carbocycles. The minimum Gasteiger partial charge on any atom is -0.379 e. The van der Waals surface area contributed by atoms with Gasteiger partial charge in [-0.2, -0.15) is 13.2 Å². The van der Waals surface area contributed by atoms with Crippen LogP contribution in [0.15, 0.2) is 42.5 Å². The van der Waals surface area contributed by atoms with E-state index in [9.17, 15) is 22.4 Å². The zero-order valence-corrected chi connectivity index (χ0v) is 20.9. The molecule has 0 bridgehead atoms. The van der Waals surface area contributed by atoms with E-state index in [1.54, 1.807) is 6.07 Å². The molecule has 0 saturated carbocycles. The molecule has 196 valence electrons. The van der Waals surface area contributed by atoms with E-state index in [-0.39, 0.29) is 24.4 Å². The molecule has 2 aromatic rings. The summed E-state index contributed by atoms with van der Waals surface area (Å²) in [6, 6.07) is 10.4. The third kappa shape index (κ3) is 6.56. The number of hydrogen-bond donors (Lipinski definition) is 0. The van der Waals surface area contributed by atoms with E-state index in [1.165, 1.54) is 6.07 Å². The van der Waals surface area contributed by atoms with Gasteiger partial charge in [-0.05, 0) is 42.4 Å². The number of likely N-dealkylation sites (N-methyl/N-ethyl adjacent to an activating group) is 1. The second kappa shape index (κ2) is 11.5. The van der Waals surface area contributed by atoms with Crippen LogP contribution in [0.5, 0.6) is 0 Å². The van der Waals surface area contributed by atoms with Gasteiger partial charge in [0.1, 0.15) is 5.82 Å². The zero-order chi connectivity index (χ0) is 25.9. The Morgan fingerprint density at radius 3 is 2.56 bits per heavy atom. The Hall–Kier alpha value is -2.20. The van der Waals surface area contributed by atoms with Crippen molar-refractivity contribution in [2.24, 2.45) is 0 Å². The maximum atomic E-state index is 14.1. The van der Waals surface area contributed by atoms with Crippen molar-refractivity contribution >= 4 is 17.5 Å². The smallest absolute Gasteiger partial charge is 0.379 e. The highest BCUT2D eigenvalue weighted by molar-refractivity contribution is 6.30. The first-order valence-corrected chi connectivity index (χ1v) is 12.4. The minimum atomic E-state index is -4.74. The molecule has 2 fully saturated rings. The number of halogens is 5. The predicted molar refractivity (Wildman–Crippen MR) is 129 cm³/mol. The van der Waals surface area contributed by atoms with Gasteiger partial charge in [0.25, 0.3) is 0 Å². The second-order valence-electron chi connectivity index (χ2n) is 9.46. The van der Waals surface area contributed by atoms with Gasteiger partial charge in [0.15, 0.2) is 0 Å². The van der Waals surface area contributed by atoms with Crippen LogP contribution in [0.4, 0.5) is 17.6 Å². The van der Waals surface area contributed by atoms with Crippen molar-refractivity contribution < 1.29 is 27.1 Å². The molecule has 2 aliphatic rings. The van der Waals surface area contributed by atoms with Gasteiger partial charge >= 0.3 is 6.18 Å². The number of benzene rings is 2. The van der Waals surface area contributed by atoms with Gasteiger partial charge in [-0.1, -0.05) is 29.8 Å². The van der Waals surface area contributed by atoms with E-state index in [0.717, 1.165) is 30.8 Å². The summed E-state index contributed by atoms with van der Waals surface area (Å²) in [4.78, 5) is 19.1. The molecule has 2 saturated heterocycles. The number of nitrogens with zero attached hydrogens (tertiary/aromatic N) is 3. The van der Waals surface area contributed by atoms with Crippen molar-refractivity contribution in [2.45, 2.75) is 31.1 Å². The molecule has 5 nitrogen and oxygen atoms in total. The quantitative estimate of drug-likeness (QED) is 0.491. The fourth-order valence-corrected chi connectivity index (χ4v) is 5.23. The molecule has 0 aliphatic carbocycles. The van der Waals surface area contributed by atoms with E-state index in [1.807, 2.05) is 35.0 Å². The molecule has 0 N–H and O–H groups in total. The molecule has 4 rings (SSSR count). The van der Waals surface area contributed by atoms with Crippen LogP contribution in [0.2, 0.25) is 5.02 Å². The number of rotatable bonds is 7. The molecule has 1 amide bonds. The molecule has 0 unspecified atom stereocenters. The number of ether oxygens (including phenoxy) is 1. The van der Waals surface area contributed by atoms with Crippen molar-refractivity contribution in [3.63, 3.8) is 0 Å². The summed E-state index contributed by atoms with van der Waals surface area (Å²) >= 11 is 6.24. The van der Waals surface area contributed by atoms with Gasteiger partial charge in [-0.15, -0.1) is 0 Å². The Bertz CT molecular complexity index is 1060. The monoisotopic (exact) mass is 527 g/mol. The van der Waals surface area contributed by atoms with Gasteiger partial charge in [-0.3, -0.25) is 14.6 Å². The summed E-state index contributed by atoms with van der Waals surface area (Å²) in [6.07, 6.45) is -4.33. The fourth-order valence-electron chi connectivity index (χ4n) is 5.03. The fraction of sp³-hybridized carbons (Fsp3) is 0.500. The number of likely N-dealkylation sites (tertiary alicyclic amines) is 1. The van der Waals surface area contributed by atoms with E-state index >= 15 is 0 Å². The van der Waals surface area contributed by atoms with Crippen molar-refractivity contribution in [1.29, 1.82) is 0 Å². The van der Waals surface area contributed by atoms with E-state index in [2.05, 4.69) is 4.90 Å². The summed E-state index contributed by atoms with van der Waals surface area (Å²) in [5, 5.41) is 0.593. The third-order valence-electron chi connectivity index (χ3n) is 7.00. The third-order valence-corrected chi connectivity index (χ3v) is 7.24. The highest BCUT2D eigenvalue weighted by atomic mass is 35.5. The first kappa shape index (κ1) is 26.9. The first-order valence-electron chi connectivity index (χ1n) is 12.0. The average molecular weight is 528 g/mol. The summed E-state index contributed by atoms with van der Waals surface area (Å²) in [5.74, 6) is -1.27. The lowest BCUT2D eigenvalue weighted by Gasteiger charge is -2.29. The standard InChI is InChI=1S/C26H30ClF4N3O2/c1-32(15-18-5-6-22(23(28)13-18)26(29,30)31)24-17-34(16-21(24)19-3-2-4-20(27)14-19)25(35)7-8-33-9-11-36-12-10-33/h2-6,13-14,21,24H,7-12,15-17H2,1H3/t21-,24+/m1/s1. The van der Waals surface area contributed by atoms with Gasteiger partial charge in [0, 0.05) is 62.7 Å². The molecule has 36 heavy (non-hydrogen) atoms. The van der Waals surface area contributed by atoms with Crippen molar-refractivity contribution in [3.8, 4) is 0 Å². The number of alkyl halides is 3. The van der Waals surface area contributed by atoms with Crippen LogP contribution in [0.1, 0.15) is 29.0 Å². The SMILES string of the molecule is CN(Cc1ccc(C(F)(F)F)c(F)c1)[C@H]1CN(C(=O)CCN2CCOCC2)C[C@@H]1c1cccc(Cl)c1. The molecule has 0 spiro atoms. The predicted octanol–water partition coefficient (Wildman–Crippen LogP) is 4.65. The summed E-state index contributed by atoms with van der Waals surface area (Å²) in [5.41, 5.74) is 0.148. The van der Waals surface area contributed by atoms with Crippen LogP contribution in [-0.2, 0) is 22.3 Å². The highest BCUT2D eigenvalue weighted by Crippen LogP contribution is 2.34. The topological polar surface area (TPSA) is 36.0 Å². The number of hydrogen-bond acceptors (Lipinski definition) is 4. The Morgan fingerprint density at radius 2 is 1.89 bits per heavy atom. The zero-order valence-electron chi connectivity index (χ0n) is 20.1. The highest BCUT2D eigenvalue weighted by Gasteiger charge is 2.39. The van der Waals surface area contributed by atoms with Crippen LogP contribution in [0, 0.1) is 5.82 Å². The summed E-state index contributed by atoms with van der Waals surface area (Å²) < 4.78 is 58.4. The van der Waals surface area contributed by atoms with Gasteiger partial charge in [0.05, 0.1) is 18.8 Å². The van der Waals surface area contributed by atoms with E-state index in [0.29, 0.717) is 49.9 Å². The maximum absolute atomic E-state index is 14.1. The average Bonchev–Trinajstić information content (AvgIpc) is 3.28. The molecule has 2 aliphatic heterocycles. The summed E-state index contributed by atoms with van der Waals surface area (Å²) in [6.45, 7) is 4.87. The van der Waals surface area contributed by atoms with Crippen LogP contribution < -0.4 is 0 Å². The van der Waals surface area contributed by atoms with Gasteiger partial charge in [-0.25, -0.2) is 4.39 Å². The molecule has 2 atom stereocenters. The van der Waals surface area contributed by atoms with Crippen molar-refractivity contribution in [2.75, 3.05) is 53.0 Å². The molecule has 0 radical (unpaired) electrons. The first-order chi connectivity index (χ1) is 17.1. The van der Waals surface area contributed by atoms with Crippen LogP contribution in [0.3, 0.4) is 0 Å². The minimum absolute atomic E-state index is 0.0414. The van der Waals surface area contributed by atoms with Crippen LogP contribution >= 0.6 is 11.6 Å². The number of carbonyl (C=O) groups excluding carboxylic acids is 1. The van der Waals surface area contributed by atoms with Gasteiger partial charge < -0.3 is 9.64 Å². The van der Waals surface area contributed by atoms with Gasteiger partial charge in [0.2, 0.25) is 5.91 Å². The lowest BCUT2D eigenvalue weighted by molar-refractivity contribution is -0.140. The van der Waals surface area contributed by atoms with E-state index < -0.39 is 17.6 Å². The number of morpholine rings is 1. The van der Waals surface area contributed by atoms with Crippen LogP contribution in [0.25, 0.3) is 0 Å². The van der Waals surface area contributed by atoms with Crippen molar-refractivity contribution in [1.82, 2.24) is 14.7 Å². The molecule has 0 aromatic heterocycles. The molecular weight excluding hydrogens is 498 g/mol. The Morgan fingerprint density at radius 1 is 1.14 bits per heavy atom. The Labute approximate surface area is 213 Å². The summed E-state index contributed by atoms with van der Waals surface area (Å²) in [7, 11) is 1.85. The molecular formula is C26H30ClF4N3O2. The molecule has 10 heteroatoms. The van der Waals surface area contributed by atoms with E-state index in [4.69, 9.17) is 16.3 Å². The number of amides is 1. The lowest BCUT2D eigenvalue weighted by Crippen LogP contribution is -2.40. The van der Waals surface area contributed by atoms with Crippen LogP contribution in [-0.4, -0.2) is 79.6 Å². The molecule has 2 heterocycles. The largest absolute Gasteiger partial charge is 0.419 e. The lowest BCUT2D eigenvalue weighted by atomic mass is 9.93. The number of carbonyl (C=O) groups is 1. The normalized spacial score (nSPS) is 21.4.